The number of aliphatic hydroxyl groups is 1. The van der Waals surface area contributed by atoms with E-state index in [9.17, 15) is 13.6 Å². The highest BCUT2D eigenvalue weighted by molar-refractivity contribution is 5.95. The summed E-state index contributed by atoms with van der Waals surface area (Å²) >= 11 is 0. The Bertz CT molecular complexity index is 884. The number of amides is 1. The van der Waals surface area contributed by atoms with E-state index in [1.807, 2.05) is 20.8 Å². The fourth-order valence-corrected chi connectivity index (χ4v) is 3.68. The zero-order chi connectivity index (χ0) is 20.6. The predicted octanol–water partition coefficient (Wildman–Crippen LogP) is 3.70. The Morgan fingerprint density at radius 1 is 1.29 bits per heavy atom. The van der Waals surface area contributed by atoms with E-state index in [1.54, 1.807) is 12.1 Å². The third kappa shape index (κ3) is 3.64. The van der Waals surface area contributed by atoms with Gasteiger partial charge in [0.1, 0.15) is 6.10 Å². The van der Waals surface area contributed by atoms with Gasteiger partial charge in [0, 0.05) is 5.92 Å². The number of nitrogens with one attached hydrogen (secondary N) is 1. The fourth-order valence-electron chi connectivity index (χ4n) is 3.68. The molecule has 28 heavy (non-hydrogen) atoms. The topological polar surface area (TPSA) is 71.5 Å². The van der Waals surface area contributed by atoms with E-state index in [0.29, 0.717) is 16.9 Å². The van der Waals surface area contributed by atoms with Crippen molar-refractivity contribution >= 4 is 11.6 Å². The molecule has 1 aliphatic heterocycles. The molecule has 150 valence electrons. The maximum atomic E-state index is 14.2. The molecule has 1 amide bonds. The van der Waals surface area contributed by atoms with Crippen LogP contribution in [0.3, 0.4) is 0 Å². The molecule has 0 spiro atoms. The fraction of sp³-hybridized carbons (Fsp3) is 0.429. The molecule has 5 nitrogen and oxygen atoms in total. The van der Waals surface area contributed by atoms with Crippen LogP contribution in [0.4, 0.5) is 14.5 Å². The summed E-state index contributed by atoms with van der Waals surface area (Å²) in [6.45, 7) is 7.02. The van der Waals surface area contributed by atoms with Gasteiger partial charge in [-0.2, -0.15) is 0 Å². The summed E-state index contributed by atoms with van der Waals surface area (Å²) in [7, 11) is 0. The lowest BCUT2D eigenvalue weighted by atomic mass is 9.77. The minimum Gasteiger partial charge on any atom is -0.390 e. The lowest BCUT2D eigenvalue weighted by Gasteiger charge is -2.25. The molecular formula is C21H24F2N2O3. The molecule has 0 unspecified atom stereocenters. The molecule has 2 N–H and O–H groups in total. The van der Waals surface area contributed by atoms with Crippen molar-refractivity contribution in [2.75, 3.05) is 5.32 Å². The molecule has 1 aromatic carbocycles. The van der Waals surface area contributed by atoms with E-state index in [-0.39, 0.29) is 24.0 Å². The molecule has 0 saturated carbocycles. The number of ether oxygens (including phenoxy) is 1. The van der Waals surface area contributed by atoms with Gasteiger partial charge in [0.25, 0.3) is 5.91 Å². The molecule has 3 rings (SSSR count). The molecule has 2 aromatic rings. The van der Waals surface area contributed by atoms with Crippen LogP contribution in [0.1, 0.15) is 43.5 Å². The van der Waals surface area contributed by atoms with Gasteiger partial charge in [0.05, 0.1) is 29.8 Å². The van der Waals surface area contributed by atoms with Crippen molar-refractivity contribution in [3.05, 3.63) is 58.9 Å². The van der Waals surface area contributed by atoms with Gasteiger partial charge in [-0.05, 0) is 56.0 Å². The van der Waals surface area contributed by atoms with E-state index in [0.717, 1.165) is 6.07 Å². The number of rotatable bonds is 4. The monoisotopic (exact) mass is 390 g/mol. The summed E-state index contributed by atoms with van der Waals surface area (Å²) in [5.41, 5.74) is 1.07. The van der Waals surface area contributed by atoms with Gasteiger partial charge in [-0.25, -0.2) is 8.78 Å². The minimum absolute atomic E-state index is 0.110. The van der Waals surface area contributed by atoms with Crippen LogP contribution >= 0.6 is 0 Å². The van der Waals surface area contributed by atoms with Gasteiger partial charge >= 0.3 is 0 Å². The summed E-state index contributed by atoms with van der Waals surface area (Å²) in [5, 5.41) is 11.8. The smallest absolute Gasteiger partial charge is 0.254 e. The summed E-state index contributed by atoms with van der Waals surface area (Å²) in [6.07, 6.45) is 0.580. The number of benzene rings is 1. The number of hydrogen-bond acceptors (Lipinski definition) is 4. The van der Waals surface area contributed by atoms with Crippen LogP contribution < -0.4 is 5.32 Å². The van der Waals surface area contributed by atoms with Crippen LogP contribution in [0.25, 0.3) is 0 Å². The molecule has 0 bridgehead atoms. The van der Waals surface area contributed by atoms with Crippen molar-refractivity contribution in [2.24, 2.45) is 5.92 Å². The second-order valence-electron chi connectivity index (χ2n) is 7.72. The number of aromatic nitrogens is 1. The second-order valence-corrected chi connectivity index (χ2v) is 7.72. The van der Waals surface area contributed by atoms with Gasteiger partial charge in [0.2, 0.25) is 0 Å². The molecular weight excluding hydrogens is 366 g/mol. The van der Waals surface area contributed by atoms with Crippen molar-refractivity contribution in [1.29, 1.82) is 0 Å². The molecule has 1 fully saturated rings. The molecule has 0 radical (unpaired) electrons. The molecule has 1 saturated heterocycles. The Hall–Kier alpha value is -2.38. The highest BCUT2D eigenvalue weighted by atomic mass is 19.2. The Kier molecular flexibility index (Phi) is 5.50. The van der Waals surface area contributed by atoms with E-state index >= 15 is 0 Å². The quantitative estimate of drug-likeness (QED) is 0.835. The lowest BCUT2D eigenvalue weighted by Crippen LogP contribution is -2.33. The Labute approximate surface area is 162 Å². The molecule has 2 heterocycles. The minimum atomic E-state index is -0.914. The van der Waals surface area contributed by atoms with Crippen LogP contribution in [0.2, 0.25) is 0 Å². The van der Waals surface area contributed by atoms with Crippen LogP contribution in [-0.4, -0.2) is 27.7 Å². The maximum Gasteiger partial charge on any atom is 0.254 e. The first kappa shape index (κ1) is 20.4. The van der Waals surface area contributed by atoms with Crippen LogP contribution in [-0.2, 0) is 16.1 Å². The average molecular weight is 390 g/mol. The highest BCUT2D eigenvalue weighted by Crippen LogP contribution is 2.47. The van der Waals surface area contributed by atoms with E-state index in [4.69, 9.17) is 9.84 Å². The number of carbonyl (C=O) groups is 1. The molecule has 3 atom stereocenters. The number of anilines is 1. The van der Waals surface area contributed by atoms with Crippen LogP contribution in [0.15, 0.2) is 30.5 Å². The van der Waals surface area contributed by atoms with Crippen LogP contribution in [0.5, 0.6) is 0 Å². The second kappa shape index (κ2) is 7.56. The van der Waals surface area contributed by atoms with Crippen molar-refractivity contribution in [2.45, 2.75) is 51.9 Å². The summed E-state index contributed by atoms with van der Waals surface area (Å²) in [5.74, 6) is -2.75. The van der Waals surface area contributed by atoms with Gasteiger partial charge in [0.15, 0.2) is 11.6 Å². The van der Waals surface area contributed by atoms with Crippen molar-refractivity contribution in [3.63, 3.8) is 0 Å². The zero-order valence-corrected chi connectivity index (χ0v) is 16.3. The maximum absolute atomic E-state index is 14.2. The normalized spacial score (nSPS) is 23.6. The SMILES string of the molecule is Cc1c([C@H]2[C@H](C(=O)Nc3ccc(CO)nc3)OC(C)(C)[C@H]2C)ccc(F)c1F. The van der Waals surface area contributed by atoms with E-state index in [1.165, 1.54) is 19.2 Å². The number of pyridine rings is 1. The standard InChI is InChI=1S/C21H24F2N2O3/c1-11-15(7-8-16(22)18(11)23)17-12(2)21(3,4)28-19(17)20(27)25-13-5-6-14(10-26)24-9-13/h5-9,12,17,19,26H,10H2,1-4H3,(H,25,27)/t12-,17-,19+/m0/s1. The summed E-state index contributed by atoms with van der Waals surface area (Å²) < 4.78 is 33.8. The molecule has 1 aliphatic rings. The van der Waals surface area contributed by atoms with Gasteiger partial charge in [-0.1, -0.05) is 13.0 Å². The number of nitrogens with zero attached hydrogens (tertiary/aromatic N) is 1. The number of hydrogen-bond donors (Lipinski definition) is 2. The average Bonchev–Trinajstić information content (AvgIpc) is 2.91. The summed E-state index contributed by atoms with van der Waals surface area (Å²) in [4.78, 5) is 17.0. The Morgan fingerprint density at radius 2 is 2.00 bits per heavy atom. The van der Waals surface area contributed by atoms with Crippen LogP contribution in [0, 0.1) is 24.5 Å². The number of carbonyl (C=O) groups excluding carboxylic acids is 1. The largest absolute Gasteiger partial charge is 0.390 e. The van der Waals surface area contributed by atoms with Gasteiger partial charge in [-0.3, -0.25) is 9.78 Å². The third-order valence-corrected chi connectivity index (χ3v) is 5.65. The van der Waals surface area contributed by atoms with Crippen molar-refractivity contribution < 1.29 is 23.4 Å². The van der Waals surface area contributed by atoms with Crippen molar-refractivity contribution in [1.82, 2.24) is 4.98 Å². The van der Waals surface area contributed by atoms with E-state index < -0.39 is 29.3 Å². The van der Waals surface area contributed by atoms with Crippen molar-refractivity contribution in [3.8, 4) is 0 Å². The van der Waals surface area contributed by atoms with Gasteiger partial charge < -0.3 is 15.2 Å². The third-order valence-electron chi connectivity index (χ3n) is 5.65. The first-order valence-electron chi connectivity index (χ1n) is 9.14. The Balaban J connectivity index is 1.93. The highest BCUT2D eigenvalue weighted by Gasteiger charge is 2.51. The first-order valence-corrected chi connectivity index (χ1v) is 9.14. The molecule has 7 heteroatoms. The molecule has 0 aliphatic carbocycles. The zero-order valence-electron chi connectivity index (χ0n) is 16.3. The first-order chi connectivity index (χ1) is 13.2. The van der Waals surface area contributed by atoms with Gasteiger partial charge in [-0.15, -0.1) is 0 Å². The number of aliphatic hydroxyl groups excluding tert-OH is 1. The summed E-state index contributed by atoms with van der Waals surface area (Å²) in [6, 6.07) is 5.85. The Morgan fingerprint density at radius 3 is 2.61 bits per heavy atom. The molecule has 1 aromatic heterocycles. The van der Waals surface area contributed by atoms with E-state index in [2.05, 4.69) is 10.3 Å². The predicted molar refractivity (Wildman–Crippen MR) is 101 cm³/mol. The number of halogens is 2. The lowest BCUT2D eigenvalue weighted by molar-refractivity contribution is -0.131.